The van der Waals surface area contributed by atoms with Crippen molar-refractivity contribution in [2.45, 2.75) is 38.4 Å². The number of aryl methyl sites for hydroxylation is 1. The minimum atomic E-state index is 0.383. The summed E-state index contributed by atoms with van der Waals surface area (Å²) in [5.74, 6) is 1.54. The second-order valence-corrected chi connectivity index (χ2v) is 5.80. The SMILES string of the molecule is Oc1ccc2c(c1)C(N1CCn3ccnc3C1)CCC2. The molecule has 2 aliphatic rings. The van der Waals surface area contributed by atoms with Gasteiger partial charge in [-0.05, 0) is 42.5 Å². The second kappa shape index (κ2) is 4.63. The van der Waals surface area contributed by atoms with Crippen LogP contribution in [0.2, 0.25) is 0 Å². The van der Waals surface area contributed by atoms with Crippen LogP contribution in [-0.4, -0.2) is 26.1 Å². The Kier molecular flexibility index (Phi) is 2.77. The number of phenolic OH excluding ortho intramolecular Hbond substituents is 1. The summed E-state index contributed by atoms with van der Waals surface area (Å²) < 4.78 is 2.24. The van der Waals surface area contributed by atoms with Crippen LogP contribution in [0.25, 0.3) is 0 Å². The Bertz CT molecular complexity index is 634. The number of rotatable bonds is 1. The van der Waals surface area contributed by atoms with Gasteiger partial charge in [-0.15, -0.1) is 0 Å². The molecule has 1 unspecified atom stereocenters. The average Bonchev–Trinajstić information content (AvgIpc) is 2.94. The lowest BCUT2D eigenvalue weighted by atomic mass is 9.86. The Labute approximate surface area is 118 Å². The number of aromatic nitrogens is 2. The van der Waals surface area contributed by atoms with Crippen molar-refractivity contribution in [3.8, 4) is 5.75 Å². The van der Waals surface area contributed by atoms with Gasteiger partial charge in [0, 0.05) is 31.5 Å². The number of imidazole rings is 1. The van der Waals surface area contributed by atoms with Crippen molar-refractivity contribution < 1.29 is 5.11 Å². The highest BCUT2D eigenvalue weighted by Crippen LogP contribution is 2.37. The van der Waals surface area contributed by atoms with Crippen LogP contribution in [0.5, 0.6) is 5.75 Å². The zero-order valence-electron chi connectivity index (χ0n) is 11.5. The standard InChI is InChI=1S/C16H19N3O/c20-13-5-4-12-2-1-3-15(14(12)10-13)19-9-8-18-7-6-17-16(18)11-19/h4-7,10,15,20H,1-3,8-9,11H2. The first kappa shape index (κ1) is 12.0. The molecule has 0 amide bonds. The highest BCUT2D eigenvalue weighted by molar-refractivity contribution is 5.38. The molecule has 4 heteroatoms. The average molecular weight is 269 g/mol. The second-order valence-electron chi connectivity index (χ2n) is 5.80. The molecule has 0 saturated carbocycles. The maximum absolute atomic E-state index is 9.79. The molecule has 4 rings (SSSR count). The van der Waals surface area contributed by atoms with Crippen LogP contribution in [-0.2, 0) is 19.5 Å². The van der Waals surface area contributed by atoms with Gasteiger partial charge in [0.05, 0.1) is 6.54 Å². The first-order valence-electron chi connectivity index (χ1n) is 7.37. The first-order chi connectivity index (χ1) is 9.81. The van der Waals surface area contributed by atoms with Crippen LogP contribution >= 0.6 is 0 Å². The van der Waals surface area contributed by atoms with E-state index in [-0.39, 0.29) is 0 Å². The predicted octanol–water partition coefficient (Wildman–Crippen LogP) is 2.48. The molecule has 1 atom stereocenters. The molecule has 2 heterocycles. The predicted molar refractivity (Wildman–Crippen MR) is 76.4 cm³/mol. The first-order valence-corrected chi connectivity index (χ1v) is 7.37. The molecule has 104 valence electrons. The van der Waals surface area contributed by atoms with E-state index in [1.54, 1.807) is 0 Å². The minimum Gasteiger partial charge on any atom is -0.508 e. The van der Waals surface area contributed by atoms with Crippen molar-refractivity contribution in [2.75, 3.05) is 6.54 Å². The van der Waals surface area contributed by atoms with Crippen LogP contribution in [0.1, 0.15) is 35.8 Å². The van der Waals surface area contributed by atoms with E-state index in [9.17, 15) is 5.11 Å². The summed E-state index contributed by atoms with van der Waals surface area (Å²) in [5.41, 5.74) is 2.71. The van der Waals surface area contributed by atoms with E-state index < -0.39 is 0 Å². The lowest BCUT2D eigenvalue weighted by Crippen LogP contribution is -2.38. The Balaban J connectivity index is 1.66. The summed E-state index contributed by atoms with van der Waals surface area (Å²) in [4.78, 5) is 6.96. The summed E-state index contributed by atoms with van der Waals surface area (Å²) in [6, 6.07) is 6.28. The van der Waals surface area contributed by atoms with Gasteiger partial charge < -0.3 is 9.67 Å². The molecular formula is C16H19N3O. The molecular weight excluding hydrogens is 250 g/mol. The van der Waals surface area contributed by atoms with E-state index in [1.165, 1.54) is 24.0 Å². The van der Waals surface area contributed by atoms with E-state index in [2.05, 4.69) is 26.7 Å². The third-order valence-corrected chi connectivity index (χ3v) is 4.63. The van der Waals surface area contributed by atoms with Crippen molar-refractivity contribution in [1.29, 1.82) is 0 Å². The van der Waals surface area contributed by atoms with Crippen LogP contribution in [0.15, 0.2) is 30.6 Å². The minimum absolute atomic E-state index is 0.383. The van der Waals surface area contributed by atoms with Gasteiger partial charge in [0.25, 0.3) is 0 Å². The largest absolute Gasteiger partial charge is 0.508 e. The number of hydrogen-bond donors (Lipinski definition) is 1. The summed E-state index contributed by atoms with van der Waals surface area (Å²) in [6.07, 6.45) is 7.49. The van der Waals surface area contributed by atoms with E-state index >= 15 is 0 Å². The van der Waals surface area contributed by atoms with Crippen molar-refractivity contribution in [3.05, 3.63) is 47.5 Å². The Morgan fingerprint density at radius 2 is 2.20 bits per heavy atom. The van der Waals surface area contributed by atoms with Gasteiger partial charge in [0.1, 0.15) is 11.6 Å². The number of nitrogens with zero attached hydrogens (tertiary/aromatic N) is 3. The lowest BCUT2D eigenvalue weighted by molar-refractivity contribution is 0.138. The maximum atomic E-state index is 9.79. The fourth-order valence-corrected chi connectivity index (χ4v) is 3.60. The molecule has 1 N–H and O–H groups in total. The molecule has 0 saturated heterocycles. The number of fused-ring (bicyclic) bond motifs is 2. The van der Waals surface area contributed by atoms with Crippen molar-refractivity contribution >= 4 is 0 Å². The fourth-order valence-electron chi connectivity index (χ4n) is 3.60. The van der Waals surface area contributed by atoms with Crippen molar-refractivity contribution in [1.82, 2.24) is 14.5 Å². The molecule has 0 fully saturated rings. The molecule has 0 bridgehead atoms. The van der Waals surface area contributed by atoms with Crippen LogP contribution < -0.4 is 0 Å². The van der Waals surface area contributed by atoms with Gasteiger partial charge in [-0.25, -0.2) is 4.98 Å². The Morgan fingerprint density at radius 1 is 1.25 bits per heavy atom. The molecule has 2 aromatic rings. The monoisotopic (exact) mass is 269 g/mol. The molecule has 1 aromatic heterocycles. The number of benzene rings is 1. The van der Waals surface area contributed by atoms with E-state index in [0.717, 1.165) is 31.9 Å². The van der Waals surface area contributed by atoms with Crippen LogP contribution in [0.4, 0.5) is 0 Å². The summed E-state index contributed by atoms with van der Waals surface area (Å²) in [7, 11) is 0. The third-order valence-electron chi connectivity index (χ3n) is 4.63. The van der Waals surface area contributed by atoms with E-state index in [1.807, 2.05) is 18.3 Å². The molecule has 4 nitrogen and oxygen atoms in total. The summed E-state index contributed by atoms with van der Waals surface area (Å²) >= 11 is 0. The number of phenols is 1. The van der Waals surface area contributed by atoms with Gasteiger partial charge in [-0.1, -0.05) is 6.07 Å². The topological polar surface area (TPSA) is 41.3 Å². The number of aromatic hydroxyl groups is 1. The summed E-state index contributed by atoms with van der Waals surface area (Å²) in [6.45, 7) is 2.98. The zero-order chi connectivity index (χ0) is 13.5. The van der Waals surface area contributed by atoms with Crippen molar-refractivity contribution in [2.24, 2.45) is 0 Å². The smallest absolute Gasteiger partial charge is 0.122 e. The summed E-state index contributed by atoms with van der Waals surface area (Å²) in [5, 5.41) is 9.79. The molecule has 1 aromatic carbocycles. The number of hydrogen-bond acceptors (Lipinski definition) is 3. The van der Waals surface area contributed by atoms with E-state index in [4.69, 9.17) is 0 Å². The zero-order valence-corrected chi connectivity index (χ0v) is 11.5. The Hall–Kier alpha value is -1.81. The molecule has 0 radical (unpaired) electrons. The van der Waals surface area contributed by atoms with Gasteiger partial charge in [0.15, 0.2) is 0 Å². The third kappa shape index (κ3) is 1.91. The molecule has 1 aliphatic carbocycles. The quantitative estimate of drug-likeness (QED) is 0.864. The molecule has 0 spiro atoms. The van der Waals surface area contributed by atoms with Gasteiger partial charge in [-0.3, -0.25) is 4.90 Å². The van der Waals surface area contributed by atoms with Gasteiger partial charge in [-0.2, -0.15) is 0 Å². The van der Waals surface area contributed by atoms with Gasteiger partial charge >= 0.3 is 0 Å². The van der Waals surface area contributed by atoms with Crippen LogP contribution in [0, 0.1) is 0 Å². The van der Waals surface area contributed by atoms with Crippen LogP contribution in [0.3, 0.4) is 0 Å². The normalized spacial score (nSPS) is 22.3. The maximum Gasteiger partial charge on any atom is 0.122 e. The fraction of sp³-hybridized carbons (Fsp3) is 0.438. The van der Waals surface area contributed by atoms with E-state index in [0.29, 0.717) is 11.8 Å². The highest BCUT2D eigenvalue weighted by Gasteiger charge is 2.29. The molecule has 20 heavy (non-hydrogen) atoms. The Morgan fingerprint density at radius 3 is 3.15 bits per heavy atom. The highest BCUT2D eigenvalue weighted by atomic mass is 16.3. The molecule has 1 aliphatic heterocycles. The lowest BCUT2D eigenvalue weighted by Gasteiger charge is -2.38. The van der Waals surface area contributed by atoms with Gasteiger partial charge in [0.2, 0.25) is 0 Å². The van der Waals surface area contributed by atoms with Crippen molar-refractivity contribution in [3.63, 3.8) is 0 Å².